The molecule has 1 aromatic carbocycles. The Bertz CT molecular complexity index is 780. The van der Waals surface area contributed by atoms with E-state index in [1.54, 1.807) is 24.5 Å². The van der Waals surface area contributed by atoms with Crippen LogP contribution in [-0.2, 0) is 22.6 Å². The van der Waals surface area contributed by atoms with Gasteiger partial charge in [0.25, 0.3) is 5.91 Å². The number of aromatic nitrogens is 1. The predicted octanol–water partition coefficient (Wildman–Crippen LogP) is 1.25. The number of rotatable bonds is 7. The average molecular weight is 352 g/mol. The second-order valence-electron chi connectivity index (χ2n) is 6.06. The Kier molecular flexibility index (Phi) is 5.58. The maximum absolute atomic E-state index is 12.4. The second kappa shape index (κ2) is 8.24. The van der Waals surface area contributed by atoms with Crippen LogP contribution >= 0.6 is 0 Å². The summed E-state index contributed by atoms with van der Waals surface area (Å²) in [4.78, 5) is 41.6. The summed E-state index contributed by atoms with van der Waals surface area (Å²) in [5, 5.41) is 5.33. The number of benzene rings is 1. The van der Waals surface area contributed by atoms with Crippen LogP contribution in [0.15, 0.2) is 54.9 Å². The Balaban J connectivity index is 1.49. The van der Waals surface area contributed by atoms with Crippen LogP contribution in [0.5, 0.6) is 0 Å². The van der Waals surface area contributed by atoms with E-state index < -0.39 is 12.1 Å². The van der Waals surface area contributed by atoms with E-state index in [9.17, 15) is 14.4 Å². The smallest absolute Gasteiger partial charge is 0.324 e. The first-order valence-corrected chi connectivity index (χ1v) is 8.45. The molecule has 2 aromatic rings. The number of pyridine rings is 1. The van der Waals surface area contributed by atoms with Crippen molar-refractivity contribution in [2.45, 2.75) is 25.4 Å². The molecule has 3 rings (SSSR count). The Hall–Kier alpha value is -3.22. The molecule has 0 aliphatic carbocycles. The first-order chi connectivity index (χ1) is 12.6. The van der Waals surface area contributed by atoms with E-state index in [0.717, 1.165) is 11.1 Å². The summed E-state index contributed by atoms with van der Waals surface area (Å²) in [6.45, 7) is 0.651. The Morgan fingerprint density at radius 2 is 1.81 bits per heavy atom. The first-order valence-electron chi connectivity index (χ1n) is 8.45. The van der Waals surface area contributed by atoms with Gasteiger partial charge < -0.3 is 10.6 Å². The number of hydrogen-bond acceptors (Lipinski definition) is 4. The highest BCUT2D eigenvalue weighted by Gasteiger charge is 2.38. The molecule has 1 aromatic heterocycles. The monoisotopic (exact) mass is 352 g/mol. The predicted molar refractivity (Wildman–Crippen MR) is 94.9 cm³/mol. The molecule has 1 saturated heterocycles. The van der Waals surface area contributed by atoms with Crippen LogP contribution < -0.4 is 10.6 Å². The zero-order valence-corrected chi connectivity index (χ0v) is 14.2. The topological polar surface area (TPSA) is 91.4 Å². The van der Waals surface area contributed by atoms with Gasteiger partial charge in [0.05, 0.1) is 6.42 Å². The van der Waals surface area contributed by atoms with Crippen LogP contribution in [0.25, 0.3) is 0 Å². The number of hydrogen-bond donors (Lipinski definition) is 2. The van der Waals surface area contributed by atoms with Crippen molar-refractivity contribution in [1.82, 2.24) is 20.5 Å². The fourth-order valence-electron chi connectivity index (χ4n) is 2.77. The fourth-order valence-corrected chi connectivity index (χ4v) is 2.77. The molecule has 7 heteroatoms. The molecule has 0 bridgehead atoms. The third-order valence-corrected chi connectivity index (χ3v) is 4.20. The highest BCUT2D eigenvalue weighted by Crippen LogP contribution is 2.11. The molecule has 0 spiro atoms. The minimum Gasteiger partial charge on any atom is -0.352 e. The van der Waals surface area contributed by atoms with Gasteiger partial charge in [0.1, 0.15) is 6.04 Å². The molecule has 26 heavy (non-hydrogen) atoms. The van der Waals surface area contributed by atoms with Crippen molar-refractivity contribution in [1.29, 1.82) is 0 Å². The second-order valence-corrected chi connectivity index (χ2v) is 6.06. The highest BCUT2D eigenvalue weighted by atomic mass is 16.2. The lowest BCUT2D eigenvalue weighted by atomic mass is 10.1. The van der Waals surface area contributed by atoms with Crippen LogP contribution in [0.1, 0.15) is 17.5 Å². The Morgan fingerprint density at radius 1 is 1.08 bits per heavy atom. The number of urea groups is 1. The molecular weight excluding hydrogens is 332 g/mol. The lowest BCUT2D eigenvalue weighted by Crippen LogP contribution is -2.36. The molecule has 0 radical (unpaired) electrons. The van der Waals surface area contributed by atoms with Gasteiger partial charge in [0, 0.05) is 25.5 Å². The van der Waals surface area contributed by atoms with E-state index in [1.165, 1.54) is 4.90 Å². The number of amides is 4. The molecule has 2 N–H and O–H groups in total. The standard InChI is InChI=1S/C19H20N4O3/c24-17(21-13-15-6-9-20-10-7-15)12-16-18(25)23(19(26)22-16)11-8-14-4-2-1-3-5-14/h1-7,9-10,16H,8,11-13H2,(H,21,24)(H,22,26). The summed E-state index contributed by atoms with van der Waals surface area (Å²) in [6, 6.07) is 12.0. The maximum Gasteiger partial charge on any atom is 0.324 e. The van der Waals surface area contributed by atoms with Crippen LogP contribution in [0.3, 0.4) is 0 Å². The number of carbonyl (C=O) groups excluding carboxylic acids is 3. The summed E-state index contributed by atoms with van der Waals surface area (Å²) >= 11 is 0. The number of imide groups is 1. The molecule has 134 valence electrons. The third kappa shape index (κ3) is 4.44. The van der Waals surface area contributed by atoms with Gasteiger partial charge in [-0.05, 0) is 29.7 Å². The zero-order chi connectivity index (χ0) is 18.4. The van der Waals surface area contributed by atoms with Crippen molar-refractivity contribution in [3.8, 4) is 0 Å². The quantitative estimate of drug-likeness (QED) is 0.734. The number of nitrogens with one attached hydrogen (secondary N) is 2. The van der Waals surface area contributed by atoms with Gasteiger partial charge in [-0.2, -0.15) is 0 Å². The molecule has 1 unspecified atom stereocenters. The van der Waals surface area contributed by atoms with Crippen molar-refractivity contribution in [3.05, 3.63) is 66.0 Å². The molecule has 1 fully saturated rings. The van der Waals surface area contributed by atoms with Gasteiger partial charge in [-0.1, -0.05) is 30.3 Å². The van der Waals surface area contributed by atoms with E-state index in [2.05, 4.69) is 15.6 Å². The summed E-state index contributed by atoms with van der Waals surface area (Å²) in [6.07, 6.45) is 3.80. The van der Waals surface area contributed by atoms with Crippen LogP contribution in [0, 0.1) is 0 Å². The molecule has 1 aliphatic heterocycles. The minimum atomic E-state index is -0.810. The Labute approximate surface area is 151 Å². The largest absolute Gasteiger partial charge is 0.352 e. The molecule has 2 heterocycles. The summed E-state index contributed by atoms with van der Waals surface area (Å²) in [5.41, 5.74) is 1.96. The van der Waals surface area contributed by atoms with Gasteiger partial charge in [-0.15, -0.1) is 0 Å². The molecule has 4 amide bonds. The lowest BCUT2D eigenvalue weighted by molar-refractivity contribution is -0.130. The normalized spacial score (nSPS) is 16.5. The van der Waals surface area contributed by atoms with Gasteiger partial charge in [-0.25, -0.2) is 4.79 Å². The summed E-state index contributed by atoms with van der Waals surface area (Å²) < 4.78 is 0. The Morgan fingerprint density at radius 3 is 2.54 bits per heavy atom. The van der Waals surface area contributed by atoms with Crippen molar-refractivity contribution in [2.24, 2.45) is 0 Å². The van der Waals surface area contributed by atoms with Crippen molar-refractivity contribution in [2.75, 3.05) is 6.54 Å². The van der Waals surface area contributed by atoms with Crippen LogP contribution in [0.2, 0.25) is 0 Å². The van der Waals surface area contributed by atoms with Crippen molar-refractivity contribution < 1.29 is 14.4 Å². The van der Waals surface area contributed by atoms with Crippen molar-refractivity contribution >= 4 is 17.8 Å². The minimum absolute atomic E-state index is 0.0719. The van der Waals surface area contributed by atoms with Crippen LogP contribution in [-0.4, -0.2) is 40.3 Å². The number of nitrogens with zero attached hydrogens (tertiary/aromatic N) is 2. The average Bonchev–Trinajstić information content (AvgIpc) is 2.93. The third-order valence-electron chi connectivity index (χ3n) is 4.20. The van der Waals surface area contributed by atoms with Gasteiger partial charge >= 0.3 is 6.03 Å². The van der Waals surface area contributed by atoms with Gasteiger partial charge in [-0.3, -0.25) is 19.5 Å². The van der Waals surface area contributed by atoms with E-state index >= 15 is 0 Å². The molecule has 1 aliphatic rings. The number of carbonyl (C=O) groups is 3. The van der Waals surface area contributed by atoms with Crippen LogP contribution in [0.4, 0.5) is 4.79 Å². The first kappa shape index (κ1) is 17.6. The van der Waals surface area contributed by atoms with Crippen molar-refractivity contribution in [3.63, 3.8) is 0 Å². The molecule has 7 nitrogen and oxygen atoms in total. The molecule has 1 atom stereocenters. The van der Waals surface area contributed by atoms with Gasteiger partial charge in [0.2, 0.25) is 5.91 Å². The summed E-state index contributed by atoms with van der Waals surface area (Å²) in [5.74, 6) is -0.643. The molecule has 0 saturated carbocycles. The van der Waals surface area contributed by atoms with E-state index in [1.807, 2.05) is 30.3 Å². The highest BCUT2D eigenvalue weighted by molar-refractivity contribution is 6.05. The molecular formula is C19H20N4O3. The van der Waals surface area contributed by atoms with E-state index in [0.29, 0.717) is 19.5 Å². The SMILES string of the molecule is O=C(CC1NC(=O)N(CCc2ccccc2)C1=O)NCc1ccncc1. The lowest BCUT2D eigenvalue weighted by Gasteiger charge is -2.13. The van der Waals surface area contributed by atoms with E-state index in [4.69, 9.17) is 0 Å². The zero-order valence-electron chi connectivity index (χ0n) is 14.2. The summed E-state index contributed by atoms with van der Waals surface area (Å²) in [7, 11) is 0. The fraction of sp³-hybridized carbons (Fsp3) is 0.263. The maximum atomic E-state index is 12.4. The van der Waals surface area contributed by atoms with E-state index in [-0.39, 0.29) is 18.2 Å². The van der Waals surface area contributed by atoms with Gasteiger partial charge in [0.15, 0.2) is 0 Å².